The molecule has 0 radical (unpaired) electrons. The Hall–Kier alpha value is -5.30. The first-order valence-corrected chi connectivity index (χ1v) is 47.1. The van der Waals surface area contributed by atoms with Crippen molar-refractivity contribution in [3.8, 4) is 22.5 Å². The lowest BCUT2D eigenvalue weighted by molar-refractivity contribution is -0.164. The van der Waals surface area contributed by atoms with Gasteiger partial charge in [0.1, 0.15) is 36.7 Å². The maximum absolute atomic E-state index is 13.8. The minimum Gasteiger partial charge on any atom is -0.466 e. The molecule has 2 saturated heterocycles. The van der Waals surface area contributed by atoms with E-state index in [2.05, 4.69) is 103 Å². The van der Waals surface area contributed by atoms with Crippen LogP contribution in [0.4, 0.5) is 0 Å². The van der Waals surface area contributed by atoms with Crippen LogP contribution in [0.2, 0.25) is 0 Å². The predicted octanol–water partition coefficient (Wildman–Crippen LogP) is 17.3. The zero-order chi connectivity index (χ0) is 76.5. The summed E-state index contributed by atoms with van der Waals surface area (Å²) in [6, 6.07) is 12.6. The van der Waals surface area contributed by atoms with Crippen LogP contribution in [0.15, 0.2) is 48.8 Å². The largest absolute Gasteiger partial charge is 0.466 e. The van der Waals surface area contributed by atoms with Gasteiger partial charge in [-0.05, 0) is 246 Å². The number of carbonyl (C=O) groups excluding carboxylic acids is 6. The first kappa shape index (κ1) is 79.9. The number of hydrogen-bond acceptors (Lipinski definition) is 21. The van der Waals surface area contributed by atoms with Gasteiger partial charge in [-0.2, -0.15) is 0 Å². The quantitative estimate of drug-likeness (QED) is 0.0194. The molecular weight excluding hydrogens is 1470 g/mol. The van der Waals surface area contributed by atoms with E-state index in [9.17, 15) is 28.8 Å². The third kappa shape index (κ3) is 17.0. The molecule has 10 fully saturated rings. The minimum absolute atomic E-state index is 0.0139. The number of benzene rings is 2. The van der Waals surface area contributed by atoms with Crippen molar-refractivity contribution >= 4 is 101 Å². The number of rotatable bonds is 30. The standard InChI is InChI=1S/C86H120N8O12S4/c1-53(9-23-77(95)101-37-7-39-103-79(97)47-61-29-41-107-109-61)67-19-21-69-65-17-13-57-45-59(25-31-83(57,3)71(65)27-33-85(67,69)5)105-81(99)51-92-49-73(88-90-92)55-11-15-63-64-16-12-56(44-76(64)94(36-35-87)75(63)43-55)74-50-93(91-89-74)52-82(100)106-60-26-32-84(4)58(46-60)14-18-66-70-22-20-68(86(70,6)34-28-72(66)84)54(2)10-24-78(96)102-38-8-40-104-80(98)48-62-30-42-108-110-62/h11-12,15-16,43-44,49-50,53-54,57-62,65-72H,7-10,13-14,17-42,45-48,51-52,87H2,1-6H3/t53-,54-,57-,58+,59-,60-,61?,62?,65+,66+,67?,68?,69+,70+,71?,72?,83?,84?,85?,86?/m1/s1. The van der Waals surface area contributed by atoms with E-state index in [1.807, 2.05) is 34.0 Å². The van der Waals surface area contributed by atoms with Crippen molar-refractivity contribution in [3.05, 3.63) is 48.8 Å². The molecule has 3 aromatic heterocycles. The second-order valence-electron chi connectivity index (χ2n) is 36.2. The smallest absolute Gasteiger partial charge is 0.328 e. The van der Waals surface area contributed by atoms with E-state index in [-0.39, 0.29) is 96.0 Å². The second kappa shape index (κ2) is 34.6. The number of ether oxygens (including phenoxy) is 6. The van der Waals surface area contributed by atoms with Gasteiger partial charge in [-0.3, -0.25) is 28.8 Å². The molecule has 24 heteroatoms. The molecule has 110 heavy (non-hydrogen) atoms. The Morgan fingerprint density at radius 3 is 1.34 bits per heavy atom. The van der Waals surface area contributed by atoms with Gasteiger partial charge in [0.2, 0.25) is 0 Å². The van der Waals surface area contributed by atoms with Crippen molar-refractivity contribution < 1.29 is 57.2 Å². The summed E-state index contributed by atoms with van der Waals surface area (Å²) in [7, 11) is 7.19. The van der Waals surface area contributed by atoms with Crippen molar-refractivity contribution in [1.29, 1.82) is 0 Å². The van der Waals surface area contributed by atoms with Crippen LogP contribution in [-0.4, -0.2) is 138 Å². The Balaban J connectivity index is 0.490. The van der Waals surface area contributed by atoms with Gasteiger partial charge >= 0.3 is 35.8 Å². The van der Waals surface area contributed by atoms with E-state index in [0.717, 1.165) is 109 Å². The van der Waals surface area contributed by atoms with Crippen LogP contribution in [0.1, 0.15) is 221 Å². The zero-order valence-corrected chi connectivity index (χ0v) is 69.2. The normalized spacial score (nSPS) is 33.5. The summed E-state index contributed by atoms with van der Waals surface area (Å²) in [5.74, 6) is 8.34. The van der Waals surface area contributed by atoms with Gasteiger partial charge in [-0.1, -0.05) is 119 Å². The van der Waals surface area contributed by atoms with Gasteiger partial charge in [0, 0.05) is 93.7 Å². The Kier molecular flexibility index (Phi) is 25.2. The molecule has 8 aliphatic carbocycles. The van der Waals surface area contributed by atoms with Gasteiger partial charge in [0.15, 0.2) is 0 Å². The number of hydrogen-bond donors (Lipinski definition) is 1. The highest BCUT2D eigenvalue weighted by atomic mass is 33.1. The fourth-order valence-corrected chi connectivity index (χ4v) is 30.5. The van der Waals surface area contributed by atoms with Crippen molar-refractivity contribution in [2.75, 3.05) is 44.5 Å². The van der Waals surface area contributed by atoms with Gasteiger partial charge in [-0.25, -0.2) is 9.36 Å². The maximum Gasteiger partial charge on any atom is 0.328 e. The molecule has 5 heterocycles. The number of nitrogens with zero attached hydrogens (tertiary/aromatic N) is 7. The van der Waals surface area contributed by atoms with E-state index in [1.165, 1.54) is 77.0 Å². The highest BCUT2D eigenvalue weighted by molar-refractivity contribution is 8.77. The molecule has 10 aliphatic rings. The summed E-state index contributed by atoms with van der Waals surface area (Å²) in [6.07, 6.45) is 30.6. The Morgan fingerprint density at radius 2 is 0.918 bits per heavy atom. The molecule has 0 spiro atoms. The van der Waals surface area contributed by atoms with Crippen LogP contribution in [0, 0.1) is 92.7 Å². The highest BCUT2D eigenvalue weighted by Gasteiger charge is 2.63. The molecule has 15 rings (SSSR count). The first-order chi connectivity index (χ1) is 53.2. The SMILES string of the molecule is C[C@H](CCC(=O)OCCCOC(=O)CC1CCSS1)C1CC[C@H]2[C@@H]3CC[C@@H]4C[C@H](OC(=O)Cn5cc(-c6ccc7c8ccc(-c9cn(CC(=O)O[C@@H]%10CCC%11(C)C%12CCC%13(C)C([C@H](C)CCC(=O)OCCCOC(=O)CC%14CCSS%14)CC[C@H]%13[C@@H]%12CC[C@H]%11C%10)nn9)cc8n(CCN)c7c6)nn5)CCC4(C)C3CCC12C. The van der Waals surface area contributed by atoms with Crippen molar-refractivity contribution in [1.82, 2.24) is 34.6 Å². The van der Waals surface area contributed by atoms with Crippen LogP contribution in [0.25, 0.3) is 44.3 Å². The lowest BCUT2D eigenvalue weighted by Crippen LogP contribution is -2.54. The summed E-state index contributed by atoms with van der Waals surface area (Å²) in [6.45, 7) is 17.1. The molecule has 10 unspecified atom stereocenters. The monoisotopic (exact) mass is 1580 g/mol. The van der Waals surface area contributed by atoms with Crippen LogP contribution in [-0.2, 0) is 76.8 Å². The van der Waals surface area contributed by atoms with Crippen LogP contribution in [0.5, 0.6) is 0 Å². The number of esters is 6. The second-order valence-corrected chi connectivity index (χ2v) is 41.8. The van der Waals surface area contributed by atoms with Crippen LogP contribution in [0.3, 0.4) is 0 Å². The summed E-state index contributed by atoms with van der Waals surface area (Å²) >= 11 is 0. The lowest BCUT2D eigenvalue weighted by atomic mass is 9.44. The molecule has 8 saturated carbocycles. The molecule has 2 aliphatic heterocycles. The summed E-state index contributed by atoms with van der Waals surface area (Å²) in [5.41, 5.74) is 12.4. The fourth-order valence-electron chi connectivity index (χ4n) is 24.7. The third-order valence-corrected chi connectivity index (χ3v) is 36.2. The van der Waals surface area contributed by atoms with E-state index in [4.69, 9.17) is 34.2 Å². The zero-order valence-electron chi connectivity index (χ0n) is 66.0. The number of fused-ring (bicyclic) bond motifs is 13. The first-order valence-electron chi connectivity index (χ1n) is 42.3. The number of carbonyl (C=O) groups is 6. The lowest BCUT2D eigenvalue weighted by Gasteiger charge is -2.61. The van der Waals surface area contributed by atoms with Crippen molar-refractivity contribution in [2.45, 2.75) is 264 Å². The molecule has 2 N–H and O–H groups in total. The molecular formula is C86H120N8O12S4. The summed E-state index contributed by atoms with van der Waals surface area (Å²) < 4.78 is 40.1. The number of nitrogens with two attached hydrogens (primary N) is 1. The van der Waals surface area contributed by atoms with Gasteiger partial charge in [-0.15, -0.1) is 10.2 Å². The molecule has 5 aromatic rings. The Labute approximate surface area is 666 Å². The Morgan fingerprint density at radius 1 is 0.500 bits per heavy atom. The van der Waals surface area contributed by atoms with Crippen LogP contribution < -0.4 is 5.73 Å². The molecule has 20 nitrogen and oxygen atoms in total. The minimum atomic E-state index is -0.283. The van der Waals surface area contributed by atoms with Gasteiger partial charge in [0.05, 0.1) is 51.7 Å². The van der Waals surface area contributed by atoms with Crippen molar-refractivity contribution in [2.24, 2.45) is 98.4 Å². The van der Waals surface area contributed by atoms with E-state index in [0.29, 0.717) is 158 Å². The van der Waals surface area contributed by atoms with Gasteiger partial charge in [0.25, 0.3) is 0 Å². The van der Waals surface area contributed by atoms with E-state index < -0.39 is 0 Å². The summed E-state index contributed by atoms with van der Waals surface area (Å²) in [5, 5.41) is 20.9. The average Bonchev–Trinajstić information content (AvgIpc) is 1.36. The third-order valence-electron chi connectivity index (χ3n) is 30.3. The topological polar surface area (TPSA) is 250 Å². The van der Waals surface area contributed by atoms with Gasteiger partial charge < -0.3 is 38.7 Å². The van der Waals surface area contributed by atoms with E-state index >= 15 is 0 Å². The molecule has 0 amide bonds. The molecule has 0 bridgehead atoms. The molecule has 2 aromatic carbocycles. The predicted molar refractivity (Wildman–Crippen MR) is 433 cm³/mol. The average molecular weight is 1590 g/mol. The molecule has 600 valence electrons. The van der Waals surface area contributed by atoms with Crippen LogP contribution >= 0.6 is 43.2 Å². The highest BCUT2D eigenvalue weighted by Crippen LogP contribution is 2.71. The maximum atomic E-state index is 13.8. The summed E-state index contributed by atoms with van der Waals surface area (Å²) in [4.78, 5) is 77.7. The number of aromatic nitrogens is 7. The fraction of sp³-hybridized carbons (Fsp3) is 0.744. The Bertz CT molecular complexity index is 3850. The van der Waals surface area contributed by atoms with E-state index in [1.54, 1.807) is 31.0 Å². The molecule has 20 atom stereocenters. The van der Waals surface area contributed by atoms with Crippen molar-refractivity contribution in [3.63, 3.8) is 0 Å².